The number of ether oxygens (including phenoxy) is 1. The summed E-state index contributed by atoms with van der Waals surface area (Å²) in [4.78, 5) is 23.1. The molecule has 0 saturated carbocycles. The highest BCUT2D eigenvalue weighted by Crippen LogP contribution is 2.25. The minimum Gasteiger partial charge on any atom is -0.495 e. The molecule has 0 radical (unpaired) electrons. The van der Waals surface area contributed by atoms with Crippen molar-refractivity contribution in [3.8, 4) is 5.75 Å². The van der Waals surface area contributed by atoms with Gasteiger partial charge in [0.1, 0.15) is 11.8 Å². The number of hydrogen-bond acceptors (Lipinski definition) is 3. The van der Waals surface area contributed by atoms with Gasteiger partial charge in [-0.15, -0.1) is 6.58 Å². The number of carbonyl (C=O) groups is 2. The normalized spacial score (nSPS) is 11.5. The van der Waals surface area contributed by atoms with E-state index >= 15 is 0 Å². The minimum absolute atomic E-state index is 0.287. The van der Waals surface area contributed by atoms with Crippen LogP contribution in [-0.4, -0.2) is 30.1 Å². The molecule has 1 aromatic carbocycles. The molecule has 1 rings (SSSR count). The van der Waals surface area contributed by atoms with Crippen LogP contribution in [0, 0.1) is 0 Å². The van der Waals surface area contributed by atoms with Crippen molar-refractivity contribution in [3.63, 3.8) is 0 Å². The van der Waals surface area contributed by atoms with E-state index in [0.717, 1.165) is 0 Å². The number of amides is 1. The maximum Gasteiger partial charge on any atom is 0.326 e. The molecule has 20 heavy (non-hydrogen) atoms. The van der Waals surface area contributed by atoms with Crippen LogP contribution in [0.2, 0.25) is 5.02 Å². The fraction of sp³-hybridized carbons (Fsp3) is 0.286. The quantitative estimate of drug-likeness (QED) is 0.758. The lowest BCUT2D eigenvalue weighted by Gasteiger charge is -2.14. The highest BCUT2D eigenvalue weighted by molar-refractivity contribution is 6.32. The van der Waals surface area contributed by atoms with Crippen LogP contribution >= 0.6 is 11.6 Å². The molecule has 1 atom stereocenters. The van der Waals surface area contributed by atoms with Gasteiger partial charge in [0.2, 0.25) is 0 Å². The van der Waals surface area contributed by atoms with E-state index in [9.17, 15) is 9.59 Å². The molecule has 0 aromatic heterocycles. The van der Waals surface area contributed by atoms with E-state index in [0.29, 0.717) is 17.2 Å². The average Bonchev–Trinajstić information content (AvgIpc) is 2.43. The number of hydrogen-bond donors (Lipinski definition) is 2. The van der Waals surface area contributed by atoms with Crippen LogP contribution in [0.3, 0.4) is 0 Å². The average molecular weight is 298 g/mol. The largest absolute Gasteiger partial charge is 0.495 e. The number of carbonyl (C=O) groups excluding carboxylic acids is 1. The lowest BCUT2D eigenvalue weighted by molar-refractivity contribution is -0.139. The molecule has 0 heterocycles. The third kappa shape index (κ3) is 4.28. The molecule has 1 unspecified atom stereocenters. The van der Waals surface area contributed by atoms with Crippen molar-refractivity contribution in [2.45, 2.75) is 18.9 Å². The Balaban J connectivity index is 2.83. The van der Waals surface area contributed by atoms with Crippen molar-refractivity contribution in [1.82, 2.24) is 5.32 Å². The van der Waals surface area contributed by atoms with E-state index in [1.165, 1.54) is 25.3 Å². The van der Waals surface area contributed by atoms with Crippen molar-refractivity contribution < 1.29 is 19.4 Å². The number of benzene rings is 1. The Bertz CT molecular complexity index is 516. The van der Waals surface area contributed by atoms with Gasteiger partial charge < -0.3 is 15.2 Å². The molecule has 0 aliphatic rings. The lowest BCUT2D eigenvalue weighted by Crippen LogP contribution is -2.40. The summed E-state index contributed by atoms with van der Waals surface area (Å²) in [5.41, 5.74) is 0.288. The first-order chi connectivity index (χ1) is 9.49. The van der Waals surface area contributed by atoms with Crippen LogP contribution in [0.4, 0.5) is 0 Å². The van der Waals surface area contributed by atoms with Gasteiger partial charge in [0.05, 0.1) is 12.1 Å². The highest BCUT2D eigenvalue weighted by Gasteiger charge is 2.20. The topological polar surface area (TPSA) is 75.6 Å². The van der Waals surface area contributed by atoms with Gasteiger partial charge in [-0.1, -0.05) is 17.7 Å². The van der Waals surface area contributed by atoms with Crippen LogP contribution < -0.4 is 10.1 Å². The lowest BCUT2D eigenvalue weighted by atomic mass is 10.1. The van der Waals surface area contributed by atoms with Crippen LogP contribution in [0.1, 0.15) is 23.2 Å². The number of allylic oxidation sites excluding steroid dienone is 1. The molecule has 6 heteroatoms. The maximum atomic E-state index is 12.0. The van der Waals surface area contributed by atoms with E-state index < -0.39 is 17.9 Å². The summed E-state index contributed by atoms with van der Waals surface area (Å²) in [7, 11) is 1.44. The van der Waals surface area contributed by atoms with E-state index in [-0.39, 0.29) is 12.0 Å². The summed E-state index contributed by atoms with van der Waals surface area (Å²) >= 11 is 5.86. The first kappa shape index (κ1) is 16.0. The van der Waals surface area contributed by atoms with E-state index in [1.54, 1.807) is 6.08 Å². The monoisotopic (exact) mass is 297 g/mol. The van der Waals surface area contributed by atoms with Crippen LogP contribution in [0.25, 0.3) is 0 Å². The molecular weight excluding hydrogens is 282 g/mol. The van der Waals surface area contributed by atoms with Gasteiger partial charge in [-0.3, -0.25) is 4.79 Å². The Kier molecular flexibility index (Phi) is 6.06. The number of methoxy groups -OCH3 is 1. The van der Waals surface area contributed by atoms with Gasteiger partial charge >= 0.3 is 5.97 Å². The van der Waals surface area contributed by atoms with Gasteiger partial charge in [-0.2, -0.15) is 0 Å². The Labute approximate surface area is 122 Å². The molecular formula is C14H16ClNO4. The standard InChI is InChI=1S/C14H16ClNO4/c1-3-4-5-11(14(18)19)16-13(17)9-6-7-10(15)12(8-9)20-2/h3,6-8,11H,1,4-5H2,2H3,(H,16,17)(H,18,19). The van der Waals surface area contributed by atoms with Gasteiger partial charge in [-0.25, -0.2) is 4.79 Å². The fourth-order valence-electron chi connectivity index (χ4n) is 1.58. The van der Waals surface area contributed by atoms with E-state index in [4.69, 9.17) is 21.4 Å². The zero-order chi connectivity index (χ0) is 15.1. The summed E-state index contributed by atoms with van der Waals surface area (Å²) < 4.78 is 5.01. The number of carboxylic acids is 1. The minimum atomic E-state index is -1.08. The zero-order valence-electron chi connectivity index (χ0n) is 11.1. The SMILES string of the molecule is C=CCCC(NC(=O)c1ccc(Cl)c(OC)c1)C(=O)O. The number of carboxylic acid groups (broad SMARTS) is 1. The molecule has 0 aliphatic carbocycles. The zero-order valence-corrected chi connectivity index (χ0v) is 11.8. The predicted molar refractivity (Wildman–Crippen MR) is 76.3 cm³/mol. The first-order valence-electron chi connectivity index (χ1n) is 5.97. The number of aliphatic carboxylic acids is 1. The highest BCUT2D eigenvalue weighted by atomic mass is 35.5. The predicted octanol–water partition coefficient (Wildman–Crippen LogP) is 2.50. The van der Waals surface area contributed by atoms with Crippen LogP contribution in [0.5, 0.6) is 5.75 Å². The van der Waals surface area contributed by atoms with Crippen molar-refractivity contribution >= 4 is 23.5 Å². The van der Waals surface area contributed by atoms with E-state index in [2.05, 4.69) is 11.9 Å². The Morgan fingerprint density at radius 1 is 1.55 bits per heavy atom. The second kappa shape index (κ2) is 7.55. The van der Waals surface area contributed by atoms with Crippen molar-refractivity contribution in [1.29, 1.82) is 0 Å². The van der Waals surface area contributed by atoms with Crippen molar-refractivity contribution in [2.75, 3.05) is 7.11 Å². The maximum absolute atomic E-state index is 12.0. The molecule has 0 bridgehead atoms. The first-order valence-corrected chi connectivity index (χ1v) is 6.35. The third-order valence-corrected chi connectivity index (χ3v) is 2.99. The number of halogens is 1. The third-order valence-electron chi connectivity index (χ3n) is 2.68. The van der Waals surface area contributed by atoms with E-state index in [1.807, 2.05) is 0 Å². The van der Waals surface area contributed by atoms with Crippen molar-refractivity contribution in [2.24, 2.45) is 0 Å². The molecule has 0 saturated heterocycles. The molecule has 108 valence electrons. The summed E-state index contributed by atoms with van der Waals surface area (Å²) in [6.07, 6.45) is 2.39. The Hall–Kier alpha value is -2.01. The summed E-state index contributed by atoms with van der Waals surface area (Å²) in [6, 6.07) is 3.54. The molecule has 5 nitrogen and oxygen atoms in total. The Morgan fingerprint density at radius 2 is 2.25 bits per heavy atom. The van der Waals surface area contributed by atoms with Crippen LogP contribution in [-0.2, 0) is 4.79 Å². The van der Waals surface area contributed by atoms with Crippen LogP contribution in [0.15, 0.2) is 30.9 Å². The van der Waals surface area contributed by atoms with Gasteiger partial charge in [-0.05, 0) is 31.0 Å². The summed E-state index contributed by atoms with van der Waals surface area (Å²) in [5.74, 6) is -1.21. The second-order valence-electron chi connectivity index (χ2n) is 4.08. The molecule has 1 aromatic rings. The molecule has 1 amide bonds. The molecule has 0 fully saturated rings. The van der Waals surface area contributed by atoms with Gasteiger partial charge in [0.15, 0.2) is 0 Å². The number of nitrogens with one attached hydrogen (secondary N) is 1. The van der Waals surface area contributed by atoms with Crippen molar-refractivity contribution in [3.05, 3.63) is 41.4 Å². The second-order valence-corrected chi connectivity index (χ2v) is 4.49. The van der Waals surface area contributed by atoms with Gasteiger partial charge in [0, 0.05) is 5.56 Å². The molecule has 0 spiro atoms. The molecule has 2 N–H and O–H groups in total. The smallest absolute Gasteiger partial charge is 0.326 e. The molecule has 0 aliphatic heterocycles. The summed E-state index contributed by atoms with van der Waals surface area (Å²) in [6.45, 7) is 3.52. The van der Waals surface area contributed by atoms with Gasteiger partial charge in [0.25, 0.3) is 5.91 Å². The number of rotatable bonds is 7. The Morgan fingerprint density at radius 3 is 2.80 bits per heavy atom. The summed E-state index contributed by atoms with van der Waals surface area (Å²) in [5, 5.41) is 11.9. The fourth-order valence-corrected chi connectivity index (χ4v) is 1.78.